The Morgan fingerprint density at radius 2 is 1.69 bits per heavy atom. The Labute approximate surface area is 209 Å². The van der Waals surface area contributed by atoms with Crippen molar-refractivity contribution in [2.45, 2.75) is 30.8 Å². The fourth-order valence-electron chi connectivity index (χ4n) is 3.48. The van der Waals surface area contributed by atoms with Crippen molar-refractivity contribution in [2.24, 2.45) is 0 Å². The van der Waals surface area contributed by atoms with Gasteiger partial charge in [-0.25, -0.2) is 4.79 Å². The van der Waals surface area contributed by atoms with Crippen molar-refractivity contribution in [3.63, 3.8) is 0 Å². The number of carbonyl (C=O) groups is 2. The second kappa shape index (κ2) is 11.2. The third-order valence-electron chi connectivity index (χ3n) is 5.00. The molecule has 2 aromatic carbocycles. The van der Waals surface area contributed by atoms with Gasteiger partial charge in [0.15, 0.2) is 5.06 Å². The van der Waals surface area contributed by atoms with Crippen molar-refractivity contribution in [1.82, 2.24) is 10.6 Å². The van der Waals surface area contributed by atoms with E-state index in [0.29, 0.717) is 5.56 Å². The molecule has 0 saturated heterocycles. The average molecular weight is 529 g/mol. The minimum absolute atomic E-state index is 0.0415. The van der Waals surface area contributed by atoms with Crippen LogP contribution in [0.2, 0.25) is 0 Å². The molecule has 1 aliphatic rings. The lowest BCUT2D eigenvalue weighted by atomic mass is 9.92. The van der Waals surface area contributed by atoms with Crippen LogP contribution >= 0.6 is 23.2 Å². The Kier molecular flexibility index (Phi) is 8.47. The average Bonchev–Trinajstić information content (AvgIpc) is 2.77. The van der Waals surface area contributed by atoms with Crippen LogP contribution < -0.4 is 10.6 Å². The molecule has 35 heavy (non-hydrogen) atoms. The van der Waals surface area contributed by atoms with E-state index in [1.54, 1.807) is 54.6 Å². The number of hydrogen-bond donors (Lipinski definition) is 2. The van der Waals surface area contributed by atoms with Crippen molar-refractivity contribution in [1.29, 1.82) is 0 Å². The molecule has 0 radical (unpaired) electrons. The third-order valence-corrected chi connectivity index (χ3v) is 5.70. The Hall–Kier alpha value is -3.01. The number of rotatable bonds is 7. The number of amides is 2. The summed E-state index contributed by atoms with van der Waals surface area (Å²) in [4.78, 5) is 23.7. The van der Waals surface area contributed by atoms with Crippen molar-refractivity contribution in [2.75, 3.05) is 7.11 Å². The van der Waals surface area contributed by atoms with Gasteiger partial charge in [0.05, 0.1) is 18.6 Å². The molecule has 2 amide bonds. The number of alkyl halides is 4. The summed E-state index contributed by atoms with van der Waals surface area (Å²) in [7, 11) is 1.30. The Balaban J connectivity index is 1.71. The van der Waals surface area contributed by atoms with E-state index in [1.807, 2.05) is 0 Å². The van der Waals surface area contributed by atoms with Crippen LogP contribution in [0, 0.1) is 0 Å². The molecule has 6 nitrogen and oxygen atoms in total. The van der Waals surface area contributed by atoms with Gasteiger partial charge in [0.2, 0.25) is 0 Å². The topological polar surface area (TPSA) is 76.7 Å². The number of hydrogen-bond acceptors (Lipinski definition) is 4. The molecule has 3 rings (SSSR count). The van der Waals surface area contributed by atoms with Crippen LogP contribution in [-0.2, 0) is 27.2 Å². The van der Waals surface area contributed by atoms with Gasteiger partial charge in [-0.05, 0) is 22.8 Å². The van der Waals surface area contributed by atoms with E-state index < -0.39 is 23.9 Å². The standard InChI is InChI=1S/C24H21Cl2F3N2O4/c1-34-20(32)11-15-7-9-16(10-8-15)14-30-22(33)31-18-12-19(25)21(17-5-3-2-4-6-17)23(26,13-18)35-24(27,28)29/h2-10,12H,11,13-14H2,1H3,(H2,30,31,33). The Morgan fingerprint density at radius 1 is 1.06 bits per heavy atom. The highest BCUT2D eigenvalue weighted by Gasteiger charge is 2.48. The Bertz CT molecular complexity index is 1140. The lowest BCUT2D eigenvalue weighted by molar-refractivity contribution is -0.342. The molecule has 0 saturated carbocycles. The molecule has 2 aromatic rings. The quantitative estimate of drug-likeness (QED) is 0.361. The first-order chi connectivity index (χ1) is 16.5. The predicted octanol–water partition coefficient (Wildman–Crippen LogP) is 5.61. The summed E-state index contributed by atoms with van der Waals surface area (Å²) >= 11 is 12.6. The highest BCUT2D eigenvalue weighted by Crippen LogP contribution is 2.48. The molecule has 0 aliphatic heterocycles. The summed E-state index contributed by atoms with van der Waals surface area (Å²) in [5.41, 5.74) is 1.82. The summed E-state index contributed by atoms with van der Waals surface area (Å²) in [5.74, 6) is -0.371. The summed E-state index contributed by atoms with van der Waals surface area (Å²) in [6.07, 6.45) is -4.09. The smallest absolute Gasteiger partial charge is 0.469 e. The van der Waals surface area contributed by atoms with Crippen LogP contribution in [0.3, 0.4) is 0 Å². The summed E-state index contributed by atoms with van der Waals surface area (Å²) in [6, 6.07) is 14.3. The van der Waals surface area contributed by atoms with Crippen LogP contribution in [0.4, 0.5) is 18.0 Å². The van der Waals surface area contributed by atoms with E-state index in [1.165, 1.54) is 13.2 Å². The van der Waals surface area contributed by atoms with E-state index in [9.17, 15) is 22.8 Å². The molecular weight excluding hydrogens is 508 g/mol. The number of ether oxygens (including phenoxy) is 2. The van der Waals surface area contributed by atoms with E-state index in [4.69, 9.17) is 23.2 Å². The van der Waals surface area contributed by atoms with Crippen LogP contribution in [0.15, 0.2) is 71.4 Å². The molecule has 0 fully saturated rings. The maximum Gasteiger partial charge on any atom is 0.524 e. The van der Waals surface area contributed by atoms with Gasteiger partial charge in [-0.2, -0.15) is 0 Å². The second-order valence-electron chi connectivity index (χ2n) is 7.59. The van der Waals surface area contributed by atoms with Gasteiger partial charge < -0.3 is 15.4 Å². The van der Waals surface area contributed by atoms with Crippen LogP contribution in [0.25, 0.3) is 5.57 Å². The Morgan fingerprint density at radius 3 is 2.29 bits per heavy atom. The monoisotopic (exact) mass is 528 g/mol. The van der Waals surface area contributed by atoms with Crippen LogP contribution in [0.1, 0.15) is 23.1 Å². The number of carbonyl (C=O) groups excluding carboxylic acids is 2. The van der Waals surface area contributed by atoms with Gasteiger partial charge in [-0.15, -0.1) is 13.2 Å². The van der Waals surface area contributed by atoms with Gasteiger partial charge in [0, 0.05) is 24.2 Å². The van der Waals surface area contributed by atoms with E-state index >= 15 is 0 Å². The molecule has 1 unspecified atom stereocenters. The zero-order valence-corrected chi connectivity index (χ0v) is 19.9. The normalized spacial score (nSPS) is 18.1. The molecule has 0 heterocycles. The largest absolute Gasteiger partial charge is 0.524 e. The molecule has 186 valence electrons. The number of methoxy groups -OCH3 is 1. The predicted molar refractivity (Wildman–Crippen MR) is 125 cm³/mol. The van der Waals surface area contributed by atoms with Crippen molar-refractivity contribution >= 4 is 40.8 Å². The minimum Gasteiger partial charge on any atom is -0.469 e. The molecule has 11 heteroatoms. The van der Waals surface area contributed by atoms with Crippen LogP contribution in [-0.4, -0.2) is 30.5 Å². The molecular formula is C24H21Cl2F3N2O4. The maximum atomic E-state index is 13.2. The first kappa shape index (κ1) is 26.6. The van der Waals surface area contributed by atoms with E-state index in [0.717, 1.165) is 11.1 Å². The molecule has 1 aliphatic carbocycles. The van der Waals surface area contributed by atoms with Crippen molar-refractivity contribution in [3.05, 3.63) is 88.1 Å². The molecule has 0 spiro atoms. The first-order valence-corrected chi connectivity index (χ1v) is 11.1. The van der Waals surface area contributed by atoms with Gasteiger partial charge in [-0.1, -0.05) is 77.8 Å². The maximum absolute atomic E-state index is 13.2. The van der Waals surface area contributed by atoms with E-state index in [2.05, 4.69) is 20.1 Å². The summed E-state index contributed by atoms with van der Waals surface area (Å²) in [5, 5.41) is 2.60. The van der Waals surface area contributed by atoms with Crippen molar-refractivity contribution < 1.29 is 32.2 Å². The molecule has 1 atom stereocenters. The molecule has 2 N–H and O–H groups in total. The van der Waals surface area contributed by atoms with Gasteiger partial charge in [0.1, 0.15) is 0 Å². The lowest BCUT2D eigenvalue weighted by Gasteiger charge is -2.35. The highest BCUT2D eigenvalue weighted by molar-refractivity contribution is 6.39. The minimum atomic E-state index is -5.05. The van der Waals surface area contributed by atoms with Crippen molar-refractivity contribution in [3.8, 4) is 0 Å². The first-order valence-electron chi connectivity index (χ1n) is 10.3. The summed E-state index contributed by atoms with van der Waals surface area (Å²) in [6.45, 7) is 0.127. The van der Waals surface area contributed by atoms with E-state index in [-0.39, 0.29) is 35.2 Å². The highest BCUT2D eigenvalue weighted by atomic mass is 35.5. The zero-order valence-electron chi connectivity index (χ0n) is 18.4. The fraction of sp³-hybridized carbons (Fsp3) is 0.250. The number of urea groups is 1. The van der Waals surface area contributed by atoms with Gasteiger partial charge in [0.25, 0.3) is 0 Å². The number of halogens is 5. The van der Waals surface area contributed by atoms with Crippen LogP contribution in [0.5, 0.6) is 0 Å². The molecule has 0 aromatic heterocycles. The summed E-state index contributed by atoms with van der Waals surface area (Å²) < 4.78 is 48.5. The third kappa shape index (κ3) is 7.48. The number of esters is 1. The zero-order chi connectivity index (χ0) is 25.6. The number of benzene rings is 2. The fourth-order valence-corrected chi connectivity index (χ4v) is 4.37. The number of allylic oxidation sites excluding steroid dienone is 2. The number of nitrogens with one attached hydrogen (secondary N) is 2. The van der Waals surface area contributed by atoms with Gasteiger partial charge in [-0.3, -0.25) is 9.53 Å². The second-order valence-corrected chi connectivity index (χ2v) is 8.61. The SMILES string of the molecule is COC(=O)Cc1ccc(CNC(=O)NC2=CC(Cl)=C(c3ccccc3)C(Cl)(OC(F)(F)F)C2)cc1. The lowest BCUT2D eigenvalue weighted by Crippen LogP contribution is -2.41. The van der Waals surface area contributed by atoms with Gasteiger partial charge >= 0.3 is 18.4 Å². The molecule has 0 bridgehead atoms.